The van der Waals surface area contributed by atoms with Gasteiger partial charge >= 0.3 is 0 Å². The Morgan fingerprint density at radius 2 is 1.62 bits per heavy atom. The van der Waals surface area contributed by atoms with Crippen molar-refractivity contribution in [2.45, 2.75) is 65.7 Å². The Bertz CT molecular complexity index is 780. The molecule has 0 unspecified atom stereocenters. The fourth-order valence-corrected chi connectivity index (χ4v) is 3.12. The zero-order chi connectivity index (χ0) is 19.3. The van der Waals surface area contributed by atoms with E-state index in [-0.39, 0.29) is 5.41 Å². The van der Waals surface area contributed by atoms with Crippen molar-refractivity contribution < 1.29 is 10.2 Å². The van der Waals surface area contributed by atoms with Gasteiger partial charge in [-0.15, -0.1) is 0 Å². The Morgan fingerprint density at radius 3 is 2.23 bits per heavy atom. The molecule has 0 bridgehead atoms. The SMILES string of the molecule is CCCCCc1cc(C=Cc2ccc(O)c(C)c2)cc(C(C)(C)C)c1O. The molecule has 0 saturated carbocycles. The highest BCUT2D eigenvalue weighted by molar-refractivity contribution is 5.72. The van der Waals surface area contributed by atoms with Crippen molar-refractivity contribution in [1.29, 1.82) is 0 Å². The predicted molar refractivity (Wildman–Crippen MR) is 112 cm³/mol. The highest BCUT2D eigenvalue weighted by Crippen LogP contribution is 2.35. The van der Waals surface area contributed by atoms with Gasteiger partial charge in [0.1, 0.15) is 11.5 Å². The summed E-state index contributed by atoms with van der Waals surface area (Å²) in [6, 6.07) is 9.79. The molecule has 140 valence electrons. The maximum atomic E-state index is 10.7. The van der Waals surface area contributed by atoms with Gasteiger partial charge in [-0.05, 0) is 71.7 Å². The number of phenolic OH excluding ortho intramolecular Hbond substituents is 2. The monoisotopic (exact) mass is 352 g/mol. The van der Waals surface area contributed by atoms with Crippen molar-refractivity contribution in [2.24, 2.45) is 0 Å². The quantitative estimate of drug-likeness (QED) is 0.454. The average molecular weight is 353 g/mol. The molecule has 0 heterocycles. The van der Waals surface area contributed by atoms with Crippen LogP contribution in [0, 0.1) is 6.92 Å². The van der Waals surface area contributed by atoms with E-state index in [0.29, 0.717) is 11.5 Å². The molecule has 0 aliphatic rings. The number of hydrogen-bond donors (Lipinski definition) is 2. The molecular weight excluding hydrogens is 320 g/mol. The van der Waals surface area contributed by atoms with Gasteiger partial charge in [-0.3, -0.25) is 0 Å². The van der Waals surface area contributed by atoms with Crippen molar-refractivity contribution in [3.05, 3.63) is 58.1 Å². The molecule has 0 spiro atoms. The number of aromatic hydroxyl groups is 2. The number of hydrogen-bond acceptors (Lipinski definition) is 2. The van der Waals surface area contributed by atoms with E-state index in [9.17, 15) is 10.2 Å². The first kappa shape index (κ1) is 20.1. The van der Waals surface area contributed by atoms with Gasteiger partial charge in [0.2, 0.25) is 0 Å². The molecule has 2 nitrogen and oxygen atoms in total. The van der Waals surface area contributed by atoms with Crippen LogP contribution in [0.2, 0.25) is 0 Å². The van der Waals surface area contributed by atoms with Gasteiger partial charge < -0.3 is 10.2 Å². The zero-order valence-electron chi connectivity index (χ0n) is 16.8. The largest absolute Gasteiger partial charge is 0.508 e. The van der Waals surface area contributed by atoms with Gasteiger partial charge in [0.05, 0.1) is 0 Å². The van der Waals surface area contributed by atoms with Crippen molar-refractivity contribution >= 4 is 12.2 Å². The first-order chi connectivity index (χ1) is 12.2. The van der Waals surface area contributed by atoms with Crippen LogP contribution in [0.4, 0.5) is 0 Å². The number of benzene rings is 2. The third-order valence-corrected chi connectivity index (χ3v) is 4.76. The van der Waals surface area contributed by atoms with Crippen LogP contribution in [0.15, 0.2) is 30.3 Å². The highest BCUT2D eigenvalue weighted by Gasteiger charge is 2.20. The maximum absolute atomic E-state index is 10.7. The summed E-state index contributed by atoms with van der Waals surface area (Å²) in [6.07, 6.45) is 8.50. The molecule has 2 N–H and O–H groups in total. The second kappa shape index (κ2) is 8.44. The normalized spacial score (nSPS) is 12.0. The van der Waals surface area contributed by atoms with Crippen LogP contribution in [0.25, 0.3) is 12.2 Å². The molecule has 0 saturated heterocycles. The second-order valence-corrected chi connectivity index (χ2v) is 8.16. The molecular formula is C24H32O2. The van der Waals surface area contributed by atoms with Crippen molar-refractivity contribution in [2.75, 3.05) is 0 Å². The lowest BCUT2D eigenvalue weighted by atomic mass is 9.83. The van der Waals surface area contributed by atoms with E-state index in [0.717, 1.165) is 40.7 Å². The molecule has 0 fully saturated rings. The molecule has 0 atom stereocenters. The van der Waals surface area contributed by atoms with E-state index >= 15 is 0 Å². The molecule has 0 radical (unpaired) electrons. The summed E-state index contributed by atoms with van der Waals surface area (Å²) < 4.78 is 0. The summed E-state index contributed by atoms with van der Waals surface area (Å²) >= 11 is 0. The third-order valence-electron chi connectivity index (χ3n) is 4.76. The molecule has 2 aromatic carbocycles. The summed E-state index contributed by atoms with van der Waals surface area (Å²) in [7, 11) is 0. The van der Waals surface area contributed by atoms with Crippen molar-refractivity contribution in [1.82, 2.24) is 0 Å². The minimum Gasteiger partial charge on any atom is -0.508 e. The minimum atomic E-state index is -0.109. The lowest BCUT2D eigenvalue weighted by Gasteiger charge is -2.23. The van der Waals surface area contributed by atoms with Gasteiger partial charge in [0, 0.05) is 5.56 Å². The highest BCUT2D eigenvalue weighted by atomic mass is 16.3. The number of unbranched alkanes of at least 4 members (excludes halogenated alkanes) is 2. The zero-order valence-corrected chi connectivity index (χ0v) is 16.8. The molecule has 2 heteroatoms. The van der Waals surface area contributed by atoms with Crippen LogP contribution in [-0.4, -0.2) is 10.2 Å². The maximum Gasteiger partial charge on any atom is 0.122 e. The van der Waals surface area contributed by atoms with Crippen LogP contribution in [0.3, 0.4) is 0 Å². The third kappa shape index (κ3) is 5.14. The van der Waals surface area contributed by atoms with E-state index in [1.165, 1.54) is 12.8 Å². The van der Waals surface area contributed by atoms with Crippen LogP contribution in [-0.2, 0) is 11.8 Å². The molecule has 26 heavy (non-hydrogen) atoms. The fraction of sp³-hybridized carbons (Fsp3) is 0.417. The summed E-state index contributed by atoms with van der Waals surface area (Å²) in [5, 5.41) is 20.4. The minimum absolute atomic E-state index is 0.109. The smallest absolute Gasteiger partial charge is 0.122 e. The number of rotatable bonds is 6. The lowest BCUT2D eigenvalue weighted by Crippen LogP contribution is -2.12. The molecule has 2 rings (SSSR count). The van der Waals surface area contributed by atoms with E-state index in [1.54, 1.807) is 6.07 Å². The number of aryl methyl sites for hydroxylation is 2. The predicted octanol–water partition coefficient (Wildman–Crippen LogP) is 6.61. The summed E-state index contributed by atoms with van der Waals surface area (Å²) in [5.74, 6) is 0.770. The summed E-state index contributed by atoms with van der Waals surface area (Å²) in [5.41, 5.74) is 4.94. The first-order valence-corrected chi connectivity index (χ1v) is 9.56. The van der Waals surface area contributed by atoms with Gasteiger partial charge in [-0.25, -0.2) is 0 Å². The van der Waals surface area contributed by atoms with Crippen LogP contribution in [0.1, 0.15) is 74.8 Å². The second-order valence-electron chi connectivity index (χ2n) is 8.16. The fourth-order valence-electron chi connectivity index (χ4n) is 3.12. The Hall–Kier alpha value is -2.22. The van der Waals surface area contributed by atoms with Crippen LogP contribution >= 0.6 is 0 Å². The first-order valence-electron chi connectivity index (χ1n) is 9.56. The van der Waals surface area contributed by atoms with Crippen LogP contribution in [0.5, 0.6) is 11.5 Å². The van der Waals surface area contributed by atoms with E-state index in [1.807, 2.05) is 19.1 Å². The van der Waals surface area contributed by atoms with Gasteiger partial charge in [0.15, 0.2) is 0 Å². The lowest BCUT2D eigenvalue weighted by molar-refractivity contribution is 0.439. The van der Waals surface area contributed by atoms with E-state index in [2.05, 4.69) is 52.0 Å². The Labute approximate surface area is 158 Å². The van der Waals surface area contributed by atoms with Crippen LogP contribution < -0.4 is 0 Å². The average Bonchev–Trinajstić information content (AvgIpc) is 2.57. The molecule has 0 amide bonds. The van der Waals surface area contributed by atoms with E-state index < -0.39 is 0 Å². The van der Waals surface area contributed by atoms with E-state index in [4.69, 9.17) is 0 Å². The Kier molecular flexibility index (Phi) is 6.52. The molecule has 0 aliphatic carbocycles. The van der Waals surface area contributed by atoms with Gasteiger partial charge in [0.25, 0.3) is 0 Å². The Morgan fingerprint density at radius 1 is 0.923 bits per heavy atom. The Balaban J connectivity index is 2.38. The molecule has 2 aromatic rings. The van der Waals surface area contributed by atoms with Crippen molar-refractivity contribution in [3.8, 4) is 11.5 Å². The standard InChI is InChI=1S/C24H32O2/c1-6-7-8-9-20-15-19(16-21(23(20)26)24(3,4)5)11-10-18-12-13-22(25)17(2)14-18/h10-16,25-26H,6-9H2,1-5H3. The number of phenols is 2. The van der Waals surface area contributed by atoms with Crippen molar-refractivity contribution in [3.63, 3.8) is 0 Å². The molecule has 0 aromatic heterocycles. The van der Waals surface area contributed by atoms with Gasteiger partial charge in [-0.2, -0.15) is 0 Å². The summed E-state index contributed by atoms with van der Waals surface area (Å²) in [6.45, 7) is 10.5. The summed E-state index contributed by atoms with van der Waals surface area (Å²) in [4.78, 5) is 0. The van der Waals surface area contributed by atoms with Gasteiger partial charge in [-0.1, -0.05) is 58.8 Å². The topological polar surface area (TPSA) is 40.5 Å². The molecule has 0 aliphatic heterocycles.